The van der Waals surface area contributed by atoms with E-state index in [1.54, 1.807) is 0 Å². The van der Waals surface area contributed by atoms with E-state index in [1.807, 2.05) is 6.07 Å². The summed E-state index contributed by atoms with van der Waals surface area (Å²) in [4.78, 5) is 2.36. The molecule has 2 aromatic rings. The van der Waals surface area contributed by atoms with Crippen LogP contribution in [0, 0.1) is 5.92 Å². The molecule has 0 bridgehead atoms. The first kappa shape index (κ1) is 21.6. The van der Waals surface area contributed by atoms with Gasteiger partial charge in [-0.25, -0.2) is 4.39 Å². The average Bonchev–Trinajstić information content (AvgIpc) is 2.69. The molecule has 2 aromatic carbocycles. The highest BCUT2D eigenvalue weighted by Crippen LogP contribution is 2.34. The van der Waals surface area contributed by atoms with E-state index in [-0.39, 0.29) is 0 Å². The standard InChI is InChI=1S/C26H35FN2/c1-5-6-7-8-22-9-10-23-11-12-25(18-24(23)17-22)28-21(4)26(27)13-15-29(16-14-26)19-20(2)3/h5-6,9-12,17-18,20,28H,4,7-8,13-16,19H2,1-3H3/b6-5-. The molecule has 0 atom stereocenters. The first-order valence-corrected chi connectivity index (χ1v) is 10.9. The van der Waals surface area contributed by atoms with Gasteiger partial charge in [0.05, 0.1) is 0 Å². The topological polar surface area (TPSA) is 15.3 Å². The minimum atomic E-state index is -1.34. The van der Waals surface area contributed by atoms with Gasteiger partial charge in [-0.3, -0.25) is 0 Å². The number of likely N-dealkylation sites (tertiary alicyclic amines) is 1. The third-order valence-electron chi connectivity index (χ3n) is 5.85. The fraction of sp³-hybridized carbons (Fsp3) is 0.462. The average molecular weight is 395 g/mol. The van der Waals surface area contributed by atoms with Crippen LogP contribution < -0.4 is 5.32 Å². The highest BCUT2D eigenvalue weighted by molar-refractivity contribution is 5.86. The lowest BCUT2D eigenvalue weighted by atomic mass is 9.90. The second kappa shape index (κ2) is 9.58. The third-order valence-corrected chi connectivity index (χ3v) is 5.85. The maximum Gasteiger partial charge on any atom is 0.152 e. The monoisotopic (exact) mass is 394 g/mol. The Bertz CT molecular complexity index is 860. The van der Waals surface area contributed by atoms with Crippen molar-refractivity contribution in [1.29, 1.82) is 0 Å². The zero-order valence-corrected chi connectivity index (χ0v) is 18.2. The summed E-state index contributed by atoms with van der Waals surface area (Å²) in [5, 5.41) is 5.66. The van der Waals surface area contributed by atoms with Gasteiger partial charge in [0.1, 0.15) is 0 Å². The SMILES string of the molecule is C=C(Nc1ccc2ccc(CC/C=C\C)cc2c1)C1(F)CCN(CC(C)C)CC1. The van der Waals surface area contributed by atoms with E-state index < -0.39 is 5.67 Å². The summed E-state index contributed by atoms with van der Waals surface area (Å²) in [6, 6.07) is 12.8. The summed E-state index contributed by atoms with van der Waals surface area (Å²) in [6.45, 7) is 13.2. The second-order valence-electron chi connectivity index (χ2n) is 8.77. The fourth-order valence-corrected chi connectivity index (χ4v) is 4.14. The van der Waals surface area contributed by atoms with Crippen LogP contribution in [-0.4, -0.2) is 30.2 Å². The molecule has 0 spiro atoms. The summed E-state index contributed by atoms with van der Waals surface area (Å²) in [6.07, 6.45) is 7.39. The number of nitrogens with zero attached hydrogens (tertiary/aromatic N) is 1. The highest BCUT2D eigenvalue weighted by atomic mass is 19.1. The number of fused-ring (bicyclic) bond motifs is 1. The van der Waals surface area contributed by atoms with Gasteiger partial charge in [-0.15, -0.1) is 0 Å². The Morgan fingerprint density at radius 3 is 2.59 bits per heavy atom. The number of alkyl halides is 1. The lowest BCUT2D eigenvalue weighted by Crippen LogP contribution is -2.45. The number of halogens is 1. The van der Waals surface area contributed by atoms with Gasteiger partial charge in [-0.2, -0.15) is 0 Å². The van der Waals surface area contributed by atoms with Crippen LogP contribution in [0.3, 0.4) is 0 Å². The van der Waals surface area contributed by atoms with Crippen molar-refractivity contribution in [3.05, 3.63) is 66.4 Å². The van der Waals surface area contributed by atoms with E-state index in [0.717, 1.165) is 38.2 Å². The summed E-state index contributed by atoms with van der Waals surface area (Å²) in [5.41, 5.74) is 1.39. The number of hydrogen-bond acceptors (Lipinski definition) is 2. The molecule has 1 aliphatic heterocycles. The maximum atomic E-state index is 15.5. The molecular formula is C26H35FN2. The molecular weight excluding hydrogens is 359 g/mol. The Morgan fingerprint density at radius 1 is 1.17 bits per heavy atom. The lowest BCUT2D eigenvalue weighted by molar-refractivity contribution is 0.0825. The molecule has 0 aromatic heterocycles. The Kier molecular flexibility index (Phi) is 7.13. The molecule has 0 saturated carbocycles. The molecule has 0 amide bonds. The van der Waals surface area contributed by atoms with Gasteiger partial charge < -0.3 is 10.2 Å². The lowest BCUT2D eigenvalue weighted by Gasteiger charge is -2.38. The zero-order chi connectivity index (χ0) is 20.9. The van der Waals surface area contributed by atoms with Gasteiger partial charge in [0.25, 0.3) is 0 Å². The molecule has 2 nitrogen and oxygen atoms in total. The largest absolute Gasteiger partial charge is 0.357 e. The van der Waals surface area contributed by atoms with Crippen molar-refractivity contribution in [2.24, 2.45) is 5.92 Å². The number of piperidine rings is 1. The summed E-state index contributed by atoms with van der Waals surface area (Å²) < 4.78 is 15.5. The van der Waals surface area contributed by atoms with Crippen LogP contribution in [0.25, 0.3) is 10.8 Å². The highest BCUT2D eigenvalue weighted by Gasteiger charge is 2.37. The third kappa shape index (κ3) is 5.70. The van der Waals surface area contributed by atoms with Crippen LogP contribution in [0.5, 0.6) is 0 Å². The van der Waals surface area contributed by atoms with Crippen molar-refractivity contribution in [3.63, 3.8) is 0 Å². The van der Waals surface area contributed by atoms with Gasteiger partial charge >= 0.3 is 0 Å². The molecule has 29 heavy (non-hydrogen) atoms. The van der Waals surface area contributed by atoms with Gasteiger partial charge in [-0.1, -0.05) is 56.8 Å². The Hall–Kier alpha value is -2.13. The van der Waals surface area contributed by atoms with Crippen molar-refractivity contribution in [1.82, 2.24) is 4.90 Å². The predicted octanol–water partition coefficient (Wildman–Crippen LogP) is 6.73. The Morgan fingerprint density at radius 2 is 1.90 bits per heavy atom. The molecule has 1 saturated heterocycles. The van der Waals surface area contributed by atoms with Gasteiger partial charge in [0.15, 0.2) is 5.67 Å². The Balaban J connectivity index is 1.66. The summed E-state index contributed by atoms with van der Waals surface area (Å²) >= 11 is 0. The van der Waals surface area contributed by atoms with E-state index >= 15 is 4.39 Å². The molecule has 156 valence electrons. The molecule has 1 N–H and O–H groups in total. The molecule has 0 radical (unpaired) electrons. The van der Waals surface area contributed by atoms with E-state index in [0.29, 0.717) is 24.5 Å². The molecule has 0 aliphatic carbocycles. The molecule has 3 rings (SSSR count). The number of aryl methyl sites for hydroxylation is 1. The minimum absolute atomic E-state index is 0.491. The van der Waals surface area contributed by atoms with Crippen LogP contribution in [0.1, 0.15) is 45.6 Å². The fourth-order valence-electron chi connectivity index (χ4n) is 4.14. The number of hydrogen-bond donors (Lipinski definition) is 1. The first-order valence-electron chi connectivity index (χ1n) is 10.9. The number of nitrogens with one attached hydrogen (secondary N) is 1. The van der Waals surface area contributed by atoms with E-state index in [2.05, 4.69) is 80.1 Å². The van der Waals surface area contributed by atoms with E-state index in [9.17, 15) is 0 Å². The normalized spacial score (nSPS) is 17.3. The van der Waals surface area contributed by atoms with Crippen LogP contribution in [0.4, 0.5) is 10.1 Å². The maximum absolute atomic E-state index is 15.5. The first-order chi connectivity index (χ1) is 13.9. The Labute approximate surface area is 175 Å². The van der Waals surface area contributed by atoms with Crippen molar-refractivity contribution in [2.45, 2.75) is 52.1 Å². The van der Waals surface area contributed by atoms with Gasteiger partial charge in [0, 0.05) is 31.0 Å². The summed E-state index contributed by atoms with van der Waals surface area (Å²) in [5.74, 6) is 0.615. The van der Waals surface area contributed by atoms with E-state index in [1.165, 1.54) is 16.3 Å². The molecule has 3 heteroatoms. The molecule has 1 heterocycles. The van der Waals surface area contributed by atoms with Crippen molar-refractivity contribution >= 4 is 16.5 Å². The zero-order valence-electron chi connectivity index (χ0n) is 18.2. The van der Waals surface area contributed by atoms with Crippen molar-refractivity contribution < 1.29 is 4.39 Å². The number of rotatable bonds is 8. The second-order valence-corrected chi connectivity index (χ2v) is 8.77. The number of allylic oxidation sites excluding steroid dienone is 3. The van der Waals surface area contributed by atoms with Gasteiger partial charge in [0.2, 0.25) is 0 Å². The van der Waals surface area contributed by atoms with E-state index in [4.69, 9.17) is 0 Å². The smallest absolute Gasteiger partial charge is 0.152 e. The summed E-state index contributed by atoms with van der Waals surface area (Å²) in [7, 11) is 0. The van der Waals surface area contributed by atoms with Crippen LogP contribution >= 0.6 is 0 Å². The van der Waals surface area contributed by atoms with Crippen LogP contribution in [-0.2, 0) is 6.42 Å². The number of benzene rings is 2. The van der Waals surface area contributed by atoms with Crippen LogP contribution in [0.15, 0.2) is 60.8 Å². The minimum Gasteiger partial charge on any atom is -0.357 e. The van der Waals surface area contributed by atoms with Crippen molar-refractivity contribution in [2.75, 3.05) is 25.0 Å². The quantitative estimate of drug-likeness (QED) is 0.499. The molecule has 1 aliphatic rings. The molecule has 0 unspecified atom stereocenters. The van der Waals surface area contributed by atoms with Gasteiger partial charge in [-0.05, 0) is 67.0 Å². The predicted molar refractivity (Wildman–Crippen MR) is 124 cm³/mol. The number of anilines is 1. The molecule has 1 fully saturated rings. The van der Waals surface area contributed by atoms with Crippen LogP contribution in [0.2, 0.25) is 0 Å². The van der Waals surface area contributed by atoms with Crippen molar-refractivity contribution in [3.8, 4) is 0 Å².